The molecule has 1 amide bonds. The summed E-state index contributed by atoms with van der Waals surface area (Å²) in [6.45, 7) is 3.10. The number of hydrogen-bond acceptors (Lipinski definition) is 6. The quantitative estimate of drug-likeness (QED) is 0.436. The molecule has 1 aliphatic heterocycles. The van der Waals surface area contributed by atoms with Gasteiger partial charge in [0.25, 0.3) is 5.91 Å². The fourth-order valence-corrected chi connectivity index (χ4v) is 4.31. The van der Waals surface area contributed by atoms with Gasteiger partial charge in [0.05, 0.1) is 18.8 Å². The zero-order valence-corrected chi connectivity index (χ0v) is 18.7. The molecular weight excluding hydrogens is 440 g/mol. The van der Waals surface area contributed by atoms with E-state index < -0.39 is 0 Å². The summed E-state index contributed by atoms with van der Waals surface area (Å²) in [5.74, 6) is 1.04. The first-order chi connectivity index (χ1) is 16.2. The Kier molecular flexibility index (Phi) is 6.19. The van der Waals surface area contributed by atoms with Gasteiger partial charge in [0.2, 0.25) is 0 Å². The van der Waals surface area contributed by atoms with E-state index in [0.29, 0.717) is 43.5 Å². The summed E-state index contributed by atoms with van der Waals surface area (Å²) in [6, 6.07) is 21.2. The summed E-state index contributed by atoms with van der Waals surface area (Å²) in [4.78, 5) is 16.8. The Morgan fingerprint density at radius 3 is 2.42 bits per heavy atom. The van der Waals surface area contributed by atoms with Crippen LogP contribution in [0.25, 0.3) is 0 Å². The summed E-state index contributed by atoms with van der Waals surface area (Å²) in [5, 5.41) is 13.3. The Morgan fingerprint density at radius 2 is 1.73 bits per heavy atom. The van der Waals surface area contributed by atoms with Gasteiger partial charge in [0.1, 0.15) is 0 Å². The molecule has 2 aromatic carbocycles. The van der Waals surface area contributed by atoms with Gasteiger partial charge in [0, 0.05) is 31.2 Å². The molecule has 1 saturated heterocycles. The second-order valence-electron chi connectivity index (χ2n) is 7.94. The van der Waals surface area contributed by atoms with Crippen LogP contribution in [0.1, 0.15) is 33.5 Å². The smallest absolute Gasteiger partial charge is 0.289 e. The van der Waals surface area contributed by atoms with Gasteiger partial charge in [0.15, 0.2) is 11.6 Å². The number of halogens is 1. The van der Waals surface area contributed by atoms with Crippen molar-refractivity contribution in [3.8, 4) is 0 Å². The van der Waals surface area contributed by atoms with Crippen LogP contribution in [0, 0.1) is 0 Å². The van der Waals surface area contributed by atoms with E-state index in [4.69, 9.17) is 16.0 Å². The van der Waals surface area contributed by atoms with E-state index in [-0.39, 0.29) is 11.9 Å². The summed E-state index contributed by atoms with van der Waals surface area (Å²) in [6.07, 6.45) is 1.52. The molecule has 33 heavy (non-hydrogen) atoms. The third-order valence-corrected chi connectivity index (χ3v) is 6.12. The van der Waals surface area contributed by atoms with Crippen LogP contribution in [0.15, 0.2) is 77.4 Å². The molecule has 0 aliphatic carbocycles. The lowest BCUT2D eigenvalue weighted by Gasteiger charge is -2.38. The first kappa shape index (κ1) is 21.4. The van der Waals surface area contributed by atoms with Crippen LogP contribution in [0.4, 0.5) is 0 Å². The number of rotatable bonds is 6. The average molecular weight is 463 g/mol. The van der Waals surface area contributed by atoms with Gasteiger partial charge in [-0.3, -0.25) is 9.69 Å². The second kappa shape index (κ2) is 9.56. The molecule has 0 spiro atoms. The van der Waals surface area contributed by atoms with Gasteiger partial charge in [-0.15, -0.1) is 5.10 Å². The van der Waals surface area contributed by atoms with Gasteiger partial charge >= 0.3 is 0 Å². The van der Waals surface area contributed by atoms with Crippen molar-refractivity contribution < 1.29 is 9.21 Å². The number of tetrazole rings is 1. The van der Waals surface area contributed by atoms with E-state index in [2.05, 4.69) is 32.6 Å². The third-order valence-electron chi connectivity index (χ3n) is 5.86. The topological polar surface area (TPSA) is 80.3 Å². The van der Waals surface area contributed by atoms with Crippen LogP contribution in [0.2, 0.25) is 5.02 Å². The first-order valence-electron chi connectivity index (χ1n) is 10.8. The first-order valence-corrected chi connectivity index (χ1v) is 11.2. The van der Waals surface area contributed by atoms with E-state index in [1.165, 1.54) is 6.26 Å². The maximum atomic E-state index is 12.7. The number of amides is 1. The zero-order chi connectivity index (χ0) is 22.6. The van der Waals surface area contributed by atoms with E-state index >= 15 is 0 Å². The highest BCUT2D eigenvalue weighted by Gasteiger charge is 2.32. The minimum Gasteiger partial charge on any atom is -0.459 e. The highest BCUT2D eigenvalue weighted by molar-refractivity contribution is 6.30. The Hall–Kier alpha value is -3.49. The van der Waals surface area contributed by atoms with Crippen molar-refractivity contribution in [2.75, 3.05) is 26.2 Å². The Balaban J connectivity index is 1.41. The number of nitrogens with zero attached hydrogens (tertiary/aromatic N) is 6. The van der Waals surface area contributed by atoms with Crippen LogP contribution in [0.5, 0.6) is 0 Å². The molecule has 9 heteroatoms. The molecule has 1 aliphatic rings. The van der Waals surface area contributed by atoms with E-state index in [0.717, 1.165) is 17.0 Å². The lowest BCUT2D eigenvalue weighted by atomic mass is 10.0. The fourth-order valence-electron chi connectivity index (χ4n) is 4.18. The lowest BCUT2D eigenvalue weighted by Crippen LogP contribution is -2.50. The molecular formula is C24H23ClN6O2. The number of aromatic nitrogens is 4. The van der Waals surface area contributed by atoms with Gasteiger partial charge in [-0.1, -0.05) is 54.1 Å². The molecule has 2 aromatic heterocycles. The maximum absolute atomic E-state index is 12.7. The summed E-state index contributed by atoms with van der Waals surface area (Å²) in [5.41, 5.74) is 2.17. The number of carbonyl (C=O) groups is 1. The molecule has 0 N–H and O–H groups in total. The van der Waals surface area contributed by atoms with Gasteiger partial charge in [-0.25, -0.2) is 4.68 Å². The summed E-state index contributed by atoms with van der Waals surface area (Å²) in [7, 11) is 0. The summed E-state index contributed by atoms with van der Waals surface area (Å²) >= 11 is 6.16. The minimum absolute atomic E-state index is 0.0865. The summed E-state index contributed by atoms with van der Waals surface area (Å²) < 4.78 is 7.13. The lowest BCUT2D eigenvalue weighted by molar-refractivity contribution is 0.0559. The number of carbonyl (C=O) groups excluding carboxylic acids is 1. The third kappa shape index (κ3) is 4.67. The molecule has 0 radical (unpaired) electrons. The molecule has 168 valence electrons. The molecule has 0 unspecified atom stereocenters. The molecule has 0 saturated carbocycles. The number of furan rings is 1. The molecule has 5 rings (SSSR count). The fraction of sp³-hybridized carbons (Fsp3) is 0.250. The maximum Gasteiger partial charge on any atom is 0.289 e. The van der Waals surface area contributed by atoms with Crippen LogP contribution < -0.4 is 0 Å². The van der Waals surface area contributed by atoms with E-state index in [9.17, 15) is 4.79 Å². The van der Waals surface area contributed by atoms with Crippen LogP contribution in [-0.4, -0.2) is 62.1 Å². The van der Waals surface area contributed by atoms with Crippen LogP contribution in [0.3, 0.4) is 0 Å². The van der Waals surface area contributed by atoms with Gasteiger partial charge < -0.3 is 9.32 Å². The molecule has 3 heterocycles. The van der Waals surface area contributed by atoms with Crippen molar-refractivity contribution in [1.82, 2.24) is 30.0 Å². The molecule has 1 fully saturated rings. The Labute approximate surface area is 196 Å². The molecule has 1 atom stereocenters. The monoisotopic (exact) mass is 462 g/mol. The van der Waals surface area contributed by atoms with Crippen LogP contribution >= 0.6 is 11.6 Å². The van der Waals surface area contributed by atoms with Crippen molar-refractivity contribution in [3.63, 3.8) is 0 Å². The van der Waals surface area contributed by atoms with E-state index in [1.807, 2.05) is 52.0 Å². The highest BCUT2D eigenvalue weighted by atomic mass is 35.5. The predicted molar refractivity (Wildman–Crippen MR) is 123 cm³/mol. The van der Waals surface area contributed by atoms with Crippen molar-refractivity contribution >= 4 is 17.5 Å². The zero-order valence-electron chi connectivity index (χ0n) is 17.9. The minimum atomic E-state index is -0.165. The normalized spacial score (nSPS) is 15.5. The van der Waals surface area contributed by atoms with Gasteiger partial charge in [-0.05, 0) is 45.8 Å². The van der Waals surface area contributed by atoms with Crippen LogP contribution in [-0.2, 0) is 6.54 Å². The number of piperazine rings is 1. The average Bonchev–Trinajstić information content (AvgIpc) is 3.54. The number of benzene rings is 2. The largest absolute Gasteiger partial charge is 0.459 e. The van der Waals surface area contributed by atoms with Crippen molar-refractivity contribution in [2.45, 2.75) is 12.6 Å². The SMILES string of the molecule is O=C(c1ccco1)N1CCN([C@@H](c2ccc(Cl)cc2)c2nnnn2Cc2ccccc2)CC1. The van der Waals surface area contributed by atoms with Crippen molar-refractivity contribution in [1.29, 1.82) is 0 Å². The van der Waals surface area contributed by atoms with Gasteiger partial charge in [-0.2, -0.15) is 0 Å². The standard InChI is InChI=1S/C24H23ClN6O2/c25-20-10-8-19(9-11-20)22(23-26-27-28-31(23)17-18-5-2-1-3-6-18)29-12-14-30(15-13-29)24(32)21-7-4-16-33-21/h1-11,16,22H,12-15,17H2/t22-/m0/s1. The predicted octanol–water partition coefficient (Wildman–Crippen LogP) is 3.52. The van der Waals surface area contributed by atoms with Crippen molar-refractivity contribution in [2.24, 2.45) is 0 Å². The van der Waals surface area contributed by atoms with E-state index in [1.54, 1.807) is 12.1 Å². The molecule has 0 bridgehead atoms. The molecule has 4 aromatic rings. The molecule has 8 nitrogen and oxygen atoms in total. The Morgan fingerprint density at radius 1 is 0.970 bits per heavy atom. The highest BCUT2D eigenvalue weighted by Crippen LogP contribution is 2.29. The number of hydrogen-bond donors (Lipinski definition) is 0. The second-order valence-corrected chi connectivity index (χ2v) is 8.38. The Bertz CT molecular complexity index is 1190. The van der Waals surface area contributed by atoms with Crippen molar-refractivity contribution in [3.05, 3.63) is 101 Å².